The normalized spacial score (nSPS) is 19.0. The van der Waals surface area contributed by atoms with Crippen molar-refractivity contribution in [3.8, 4) is 0 Å². The topological polar surface area (TPSA) is 45.2 Å². The molecule has 1 N–H and O–H groups in total. The molecule has 0 unspecified atom stereocenters. The number of halogens is 3. The van der Waals surface area contributed by atoms with Gasteiger partial charge in [-0.1, -0.05) is 22.8 Å². The molecule has 1 amide bonds. The first-order valence-corrected chi connectivity index (χ1v) is 12.1. The van der Waals surface area contributed by atoms with E-state index >= 15 is 4.39 Å². The summed E-state index contributed by atoms with van der Waals surface area (Å²) >= 11 is 5.90. The molecule has 14 heteroatoms. The Morgan fingerprint density at radius 3 is 2.24 bits per heavy atom. The number of amides is 1. The molecule has 1 aromatic carbocycles. The Morgan fingerprint density at radius 1 is 1.12 bits per heavy atom. The van der Waals surface area contributed by atoms with E-state index in [1.54, 1.807) is 4.90 Å². The van der Waals surface area contributed by atoms with Gasteiger partial charge in [-0.25, -0.2) is 8.78 Å². The standard InChI is InChI=1S/C20H29B7ClF2N3O/c21-18(22)8-17(30,10-31-7-13-3-2-12(6-32-13)20(25,26)27)9-19(23,24)33(18)16(34)11-1-4-15(29)14(28)5-11/h1-6,31H,7-10,21-27H2. The Kier molecular flexibility index (Phi) is 7.51. The van der Waals surface area contributed by atoms with Crippen LogP contribution >= 0.6 is 11.6 Å². The molecular formula is C20H29B7ClF2N3O. The number of pyridine rings is 1. The van der Waals surface area contributed by atoms with E-state index in [1.165, 1.54) is 18.2 Å². The summed E-state index contributed by atoms with van der Waals surface area (Å²) < 4.78 is 29.8. The highest BCUT2D eigenvalue weighted by atomic mass is 35.5. The molecule has 172 valence electrons. The maximum atomic E-state index is 16.2. The lowest BCUT2D eigenvalue weighted by atomic mass is 9.40. The van der Waals surface area contributed by atoms with Gasteiger partial charge >= 0.3 is 0 Å². The molecule has 34 heavy (non-hydrogen) atoms. The number of carbonyl (C=O) groups is 1. The van der Waals surface area contributed by atoms with Crippen LogP contribution < -0.4 is 5.32 Å². The van der Waals surface area contributed by atoms with Crippen LogP contribution in [0.2, 0.25) is 5.02 Å². The van der Waals surface area contributed by atoms with Crippen LogP contribution in [0, 0.1) is 5.82 Å². The fourth-order valence-electron chi connectivity index (χ4n) is 5.41. The molecule has 0 radical (unpaired) electrons. The van der Waals surface area contributed by atoms with E-state index in [2.05, 4.69) is 39.9 Å². The molecule has 0 atom stereocenters. The van der Waals surface area contributed by atoms with Gasteiger partial charge in [0.15, 0.2) is 0 Å². The van der Waals surface area contributed by atoms with Crippen LogP contribution in [0.15, 0.2) is 36.5 Å². The fourth-order valence-corrected chi connectivity index (χ4v) is 5.59. The number of hydrogen-bond acceptors (Lipinski definition) is 3. The van der Waals surface area contributed by atoms with Crippen molar-refractivity contribution in [2.75, 3.05) is 6.54 Å². The average molecular weight is 477 g/mol. The third-order valence-corrected chi connectivity index (χ3v) is 6.81. The minimum absolute atomic E-state index is 0.0315. The number of nitrogens with zero attached hydrogens (tertiary/aromatic N) is 2. The molecule has 1 aromatic heterocycles. The summed E-state index contributed by atoms with van der Waals surface area (Å²) in [5.74, 6) is -0.859. The number of likely N-dealkylation sites (tertiary alicyclic amines) is 1. The zero-order valence-corrected chi connectivity index (χ0v) is 22.0. The second kappa shape index (κ2) is 9.46. The molecule has 1 aliphatic heterocycles. The minimum atomic E-state index is -1.50. The highest BCUT2D eigenvalue weighted by Gasteiger charge is 2.53. The summed E-state index contributed by atoms with van der Waals surface area (Å²) in [6, 6.07) is 7.98. The molecule has 0 aliphatic carbocycles. The molecule has 1 fully saturated rings. The summed E-state index contributed by atoms with van der Waals surface area (Å²) in [7, 11) is 13.9. The number of rotatable bonds is 6. The molecular weight excluding hydrogens is 447 g/mol. The van der Waals surface area contributed by atoms with Crippen molar-refractivity contribution in [3.63, 3.8) is 0 Å². The summed E-state index contributed by atoms with van der Waals surface area (Å²) in [6.45, 7) is 0.626. The first-order chi connectivity index (χ1) is 15.5. The number of piperidine rings is 1. The van der Waals surface area contributed by atoms with E-state index in [9.17, 15) is 9.18 Å². The van der Waals surface area contributed by atoms with Crippen LogP contribution in [0.4, 0.5) is 8.78 Å². The third-order valence-electron chi connectivity index (χ3n) is 6.52. The van der Waals surface area contributed by atoms with Gasteiger partial charge in [0.05, 0.1) is 34.3 Å². The fraction of sp³-hybridized carbons (Fsp3) is 0.400. The van der Waals surface area contributed by atoms with Crippen molar-refractivity contribution in [1.82, 2.24) is 15.2 Å². The largest absolute Gasteiger partial charge is 0.359 e. The van der Waals surface area contributed by atoms with Crippen molar-refractivity contribution >= 4 is 72.4 Å². The lowest BCUT2D eigenvalue weighted by Gasteiger charge is -2.58. The quantitative estimate of drug-likeness (QED) is 0.440. The Hall–Kier alpha value is -1.60. The van der Waals surface area contributed by atoms with E-state index in [-0.39, 0.29) is 35.4 Å². The molecule has 3 rings (SSSR count). The van der Waals surface area contributed by atoms with Crippen molar-refractivity contribution < 1.29 is 13.6 Å². The number of benzene rings is 1. The van der Waals surface area contributed by atoms with Gasteiger partial charge in [0.2, 0.25) is 0 Å². The molecule has 2 heterocycles. The van der Waals surface area contributed by atoms with Gasteiger partial charge in [-0.15, -0.1) is 0 Å². The van der Waals surface area contributed by atoms with Crippen molar-refractivity contribution in [2.45, 2.75) is 40.8 Å². The first-order valence-electron chi connectivity index (χ1n) is 11.7. The van der Waals surface area contributed by atoms with Crippen LogP contribution in [0.5, 0.6) is 0 Å². The summed E-state index contributed by atoms with van der Waals surface area (Å²) in [6.07, 6.45) is 2.22. The minimum Gasteiger partial charge on any atom is -0.359 e. The Morgan fingerprint density at radius 2 is 1.74 bits per heavy atom. The van der Waals surface area contributed by atoms with Gasteiger partial charge in [-0.3, -0.25) is 9.78 Å². The van der Waals surface area contributed by atoms with Gasteiger partial charge in [-0.2, -0.15) is 0 Å². The maximum Gasteiger partial charge on any atom is 0.252 e. The van der Waals surface area contributed by atoms with Crippen LogP contribution in [-0.4, -0.2) is 93.6 Å². The number of aromatic nitrogens is 1. The van der Waals surface area contributed by atoms with E-state index in [4.69, 9.17) is 11.6 Å². The van der Waals surface area contributed by atoms with Crippen molar-refractivity contribution in [1.29, 1.82) is 0 Å². The predicted molar refractivity (Wildman–Crippen MR) is 154 cm³/mol. The summed E-state index contributed by atoms with van der Waals surface area (Å²) in [5, 5.41) is 1.64. The summed E-state index contributed by atoms with van der Waals surface area (Å²) in [5.41, 5.74) is 0.800. The average Bonchev–Trinajstić information content (AvgIpc) is 2.67. The highest BCUT2D eigenvalue weighted by Crippen LogP contribution is 2.41. The zero-order chi connectivity index (χ0) is 25.5. The van der Waals surface area contributed by atoms with Crippen molar-refractivity contribution in [2.24, 2.45) is 0 Å². The van der Waals surface area contributed by atoms with Gasteiger partial charge < -0.3 is 10.2 Å². The SMILES string of the molecule is BC(B)(B)c1ccc(CNCC2(F)CC(B)(B)N(C(=O)c3ccc(F)c(Cl)c3)C(B)(B)C2)nc1. The Balaban J connectivity index is 1.71. The smallest absolute Gasteiger partial charge is 0.252 e. The van der Waals surface area contributed by atoms with Crippen molar-refractivity contribution in [3.05, 3.63) is 64.2 Å². The van der Waals surface area contributed by atoms with E-state index in [0.717, 1.165) is 11.3 Å². The number of nitrogens with one attached hydrogen (secondary N) is 1. The second-order valence-corrected chi connectivity index (χ2v) is 12.2. The predicted octanol–water partition coefficient (Wildman–Crippen LogP) is -3.54. The van der Waals surface area contributed by atoms with E-state index in [0.29, 0.717) is 12.1 Å². The van der Waals surface area contributed by atoms with Crippen LogP contribution in [0.25, 0.3) is 0 Å². The third kappa shape index (κ3) is 5.96. The van der Waals surface area contributed by atoms with E-state index in [1.807, 2.05) is 43.6 Å². The van der Waals surface area contributed by atoms with Gasteiger partial charge in [-0.05, 0) is 53.3 Å². The van der Waals surface area contributed by atoms with Gasteiger partial charge in [0.25, 0.3) is 5.91 Å². The monoisotopic (exact) mass is 477 g/mol. The lowest BCUT2D eigenvalue weighted by molar-refractivity contribution is 0.00469. The molecule has 1 aliphatic rings. The van der Waals surface area contributed by atoms with Crippen LogP contribution in [-0.2, 0) is 11.7 Å². The van der Waals surface area contributed by atoms with Crippen LogP contribution in [0.3, 0.4) is 0 Å². The van der Waals surface area contributed by atoms with Crippen LogP contribution in [0.1, 0.15) is 34.5 Å². The first kappa shape index (κ1) is 27.0. The highest BCUT2D eigenvalue weighted by molar-refractivity contribution is 6.58. The molecule has 0 saturated carbocycles. The maximum absolute atomic E-state index is 16.2. The molecule has 2 aromatic rings. The number of alkyl halides is 1. The molecule has 0 spiro atoms. The van der Waals surface area contributed by atoms with Gasteiger partial charge in [0, 0.05) is 24.8 Å². The van der Waals surface area contributed by atoms with Gasteiger partial charge in [0.1, 0.15) is 42.9 Å². The molecule has 4 nitrogen and oxygen atoms in total. The number of carbonyl (C=O) groups excluding carboxylic acids is 1. The van der Waals surface area contributed by atoms with E-state index < -0.39 is 22.2 Å². The molecule has 0 bridgehead atoms. The molecule has 1 saturated heterocycles. The second-order valence-electron chi connectivity index (χ2n) is 11.8. The lowest BCUT2D eigenvalue weighted by Crippen LogP contribution is -2.72. The number of hydrogen-bond donors (Lipinski definition) is 1. The zero-order valence-electron chi connectivity index (χ0n) is 21.2. The Labute approximate surface area is 212 Å². The Bertz CT molecular complexity index is 1050. The summed E-state index contributed by atoms with van der Waals surface area (Å²) in [4.78, 5) is 19.6.